The average Bonchev–Trinajstić information content (AvgIpc) is 2.49. The molecule has 20 heavy (non-hydrogen) atoms. The van der Waals surface area contributed by atoms with E-state index in [1.807, 2.05) is 48.5 Å². The minimum absolute atomic E-state index is 0.122. The molecule has 0 saturated heterocycles. The highest BCUT2D eigenvalue weighted by atomic mass is 16.2. The number of nitrogens with zero attached hydrogens (tertiary/aromatic N) is 2. The van der Waals surface area contributed by atoms with Crippen molar-refractivity contribution in [3.63, 3.8) is 0 Å². The van der Waals surface area contributed by atoms with Gasteiger partial charge >= 0.3 is 0 Å². The molecular formula is C16H15N3O. The van der Waals surface area contributed by atoms with Crippen LogP contribution in [-0.4, -0.2) is 21.7 Å². The Hall–Kier alpha value is -2.46. The third-order valence-electron chi connectivity index (χ3n) is 3.13. The predicted molar refractivity (Wildman–Crippen MR) is 80.1 cm³/mol. The van der Waals surface area contributed by atoms with Crippen molar-refractivity contribution in [2.75, 3.05) is 11.9 Å². The molecule has 1 aromatic heterocycles. The quantitative estimate of drug-likeness (QED) is 0.761. The first-order chi connectivity index (χ1) is 9.86. The standard InChI is InChI=1S/C16H15N3O/c20-10-9-12-5-1-3-7-14(12)18-16-17-11-13-6-2-4-8-15(13)19-16/h1-8,11,20H,9-10H2,(H,17,18,19). The summed E-state index contributed by atoms with van der Waals surface area (Å²) in [6.45, 7) is 0.122. The third-order valence-corrected chi connectivity index (χ3v) is 3.13. The van der Waals surface area contributed by atoms with E-state index in [2.05, 4.69) is 15.3 Å². The Morgan fingerprint density at radius 3 is 2.70 bits per heavy atom. The fourth-order valence-corrected chi connectivity index (χ4v) is 2.13. The molecule has 3 aromatic rings. The van der Waals surface area contributed by atoms with Crippen LogP contribution in [0.2, 0.25) is 0 Å². The molecule has 2 N–H and O–H groups in total. The van der Waals surface area contributed by atoms with E-state index in [-0.39, 0.29) is 6.61 Å². The van der Waals surface area contributed by atoms with Crippen LogP contribution in [0.15, 0.2) is 54.7 Å². The lowest BCUT2D eigenvalue weighted by Gasteiger charge is -2.10. The Balaban J connectivity index is 1.93. The highest BCUT2D eigenvalue weighted by Crippen LogP contribution is 2.20. The van der Waals surface area contributed by atoms with E-state index in [4.69, 9.17) is 5.11 Å². The zero-order chi connectivity index (χ0) is 13.8. The number of rotatable bonds is 4. The molecule has 0 aliphatic heterocycles. The number of benzene rings is 2. The monoisotopic (exact) mass is 265 g/mol. The lowest BCUT2D eigenvalue weighted by Crippen LogP contribution is -2.01. The number of aliphatic hydroxyl groups excluding tert-OH is 1. The second-order valence-electron chi connectivity index (χ2n) is 4.51. The van der Waals surface area contributed by atoms with Gasteiger partial charge in [0.05, 0.1) is 5.52 Å². The summed E-state index contributed by atoms with van der Waals surface area (Å²) in [5, 5.41) is 13.3. The van der Waals surface area contributed by atoms with Gasteiger partial charge in [-0.25, -0.2) is 9.97 Å². The highest BCUT2D eigenvalue weighted by Gasteiger charge is 2.04. The number of para-hydroxylation sites is 2. The molecule has 0 aliphatic rings. The van der Waals surface area contributed by atoms with Crippen molar-refractivity contribution in [3.8, 4) is 0 Å². The molecule has 4 nitrogen and oxygen atoms in total. The molecule has 0 unspecified atom stereocenters. The highest BCUT2D eigenvalue weighted by molar-refractivity contribution is 5.79. The van der Waals surface area contributed by atoms with E-state index >= 15 is 0 Å². The number of nitrogens with one attached hydrogen (secondary N) is 1. The van der Waals surface area contributed by atoms with E-state index in [9.17, 15) is 0 Å². The molecule has 0 atom stereocenters. The largest absolute Gasteiger partial charge is 0.396 e. The molecular weight excluding hydrogens is 250 g/mol. The molecule has 4 heteroatoms. The summed E-state index contributed by atoms with van der Waals surface area (Å²) in [7, 11) is 0. The summed E-state index contributed by atoms with van der Waals surface area (Å²) in [5.41, 5.74) is 2.88. The Morgan fingerprint density at radius 1 is 1.00 bits per heavy atom. The van der Waals surface area contributed by atoms with Gasteiger partial charge in [-0.2, -0.15) is 0 Å². The lowest BCUT2D eigenvalue weighted by atomic mass is 10.1. The Labute approximate surface area is 117 Å². The van der Waals surface area contributed by atoms with Crippen LogP contribution in [0.1, 0.15) is 5.56 Å². The summed E-state index contributed by atoms with van der Waals surface area (Å²) in [4.78, 5) is 8.81. The second kappa shape index (κ2) is 5.67. The van der Waals surface area contributed by atoms with Crippen molar-refractivity contribution < 1.29 is 5.11 Å². The molecule has 3 rings (SSSR count). The third kappa shape index (κ3) is 2.60. The summed E-state index contributed by atoms with van der Waals surface area (Å²) in [6, 6.07) is 15.7. The first-order valence-corrected chi connectivity index (χ1v) is 6.54. The van der Waals surface area contributed by atoms with E-state index in [0.717, 1.165) is 22.2 Å². The minimum atomic E-state index is 0.122. The average molecular weight is 265 g/mol. The molecule has 2 aromatic carbocycles. The number of fused-ring (bicyclic) bond motifs is 1. The van der Waals surface area contributed by atoms with Gasteiger partial charge in [0.15, 0.2) is 0 Å². The Kier molecular flexibility index (Phi) is 3.56. The van der Waals surface area contributed by atoms with Crippen LogP contribution >= 0.6 is 0 Å². The smallest absolute Gasteiger partial charge is 0.227 e. The maximum Gasteiger partial charge on any atom is 0.227 e. The van der Waals surface area contributed by atoms with E-state index in [1.54, 1.807) is 6.20 Å². The summed E-state index contributed by atoms with van der Waals surface area (Å²) < 4.78 is 0. The van der Waals surface area contributed by atoms with Crippen molar-refractivity contribution in [2.24, 2.45) is 0 Å². The van der Waals surface area contributed by atoms with Crippen LogP contribution in [0.5, 0.6) is 0 Å². The number of hydrogen-bond donors (Lipinski definition) is 2. The molecule has 0 aliphatic carbocycles. The van der Waals surface area contributed by atoms with Crippen LogP contribution in [-0.2, 0) is 6.42 Å². The van der Waals surface area contributed by atoms with Gasteiger partial charge in [-0.3, -0.25) is 0 Å². The van der Waals surface area contributed by atoms with Crippen LogP contribution in [0, 0.1) is 0 Å². The number of aromatic nitrogens is 2. The fourth-order valence-electron chi connectivity index (χ4n) is 2.13. The molecule has 100 valence electrons. The zero-order valence-corrected chi connectivity index (χ0v) is 11.0. The van der Waals surface area contributed by atoms with E-state index < -0.39 is 0 Å². The Morgan fingerprint density at radius 2 is 1.80 bits per heavy atom. The zero-order valence-electron chi connectivity index (χ0n) is 11.0. The summed E-state index contributed by atoms with van der Waals surface area (Å²) >= 11 is 0. The van der Waals surface area contributed by atoms with Crippen molar-refractivity contribution in [1.29, 1.82) is 0 Å². The molecule has 0 amide bonds. The van der Waals surface area contributed by atoms with Gasteiger partial charge in [-0.1, -0.05) is 36.4 Å². The maximum absolute atomic E-state index is 9.09. The fraction of sp³-hybridized carbons (Fsp3) is 0.125. The number of hydrogen-bond acceptors (Lipinski definition) is 4. The van der Waals surface area contributed by atoms with E-state index in [1.165, 1.54) is 0 Å². The molecule has 0 spiro atoms. The maximum atomic E-state index is 9.09. The number of aliphatic hydroxyl groups is 1. The van der Waals surface area contributed by atoms with E-state index in [0.29, 0.717) is 12.4 Å². The second-order valence-corrected chi connectivity index (χ2v) is 4.51. The van der Waals surface area contributed by atoms with Crippen LogP contribution < -0.4 is 5.32 Å². The van der Waals surface area contributed by atoms with Crippen molar-refractivity contribution in [1.82, 2.24) is 9.97 Å². The normalized spacial score (nSPS) is 10.7. The lowest BCUT2D eigenvalue weighted by molar-refractivity contribution is 0.300. The topological polar surface area (TPSA) is 58.0 Å². The molecule has 0 saturated carbocycles. The SMILES string of the molecule is OCCc1ccccc1Nc1ncc2ccccc2n1. The van der Waals surface area contributed by atoms with Crippen molar-refractivity contribution in [2.45, 2.75) is 6.42 Å². The van der Waals surface area contributed by atoms with Gasteiger partial charge in [-0.05, 0) is 24.1 Å². The summed E-state index contributed by atoms with van der Waals surface area (Å²) in [5.74, 6) is 0.564. The van der Waals surface area contributed by atoms with Gasteiger partial charge in [-0.15, -0.1) is 0 Å². The number of anilines is 2. The molecule has 0 fully saturated rings. The minimum Gasteiger partial charge on any atom is -0.396 e. The first kappa shape index (κ1) is 12.6. The predicted octanol–water partition coefficient (Wildman–Crippen LogP) is 2.91. The molecule has 0 bridgehead atoms. The molecule has 1 heterocycles. The van der Waals surface area contributed by atoms with Crippen LogP contribution in [0.4, 0.5) is 11.6 Å². The van der Waals surface area contributed by atoms with Crippen molar-refractivity contribution >= 4 is 22.5 Å². The van der Waals surface area contributed by atoms with Gasteiger partial charge < -0.3 is 10.4 Å². The van der Waals surface area contributed by atoms with Gasteiger partial charge in [0, 0.05) is 23.9 Å². The van der Waals surface area contributed by atoms with Crippen LogP contribution in [0.3, 0.4) is 0 Å². The first-order valence-electron chi connectivity index (χ1n) is 6.54. The summed E-state index contributed by atoms with van der Waals surface area (Å²) in [6.07, 6.45) is 2.41. The van der Waals surface area contributed by atoms with Gasteiger partial charge in [0.1, 0.15) is 0 Å². The van der Waals surface area contributed by atoms with Crippen molar-refractivity contribution in [3.05, 3.63) is 60.3 Å². The van der Waals surface area contributed by atoms with Gasteiger partial charge in [0.2, 0.25) is 5.95 Å². The Bertz CT molecular complexity index is 727. The van der Waals surface area contributed by atoms with Crippen LogP contribution in [0.25, 0.3) is 10.9 Å². The molecule has 0 radical (unpaired) electrons. The van der Waals surface area contributed by atoms with Gasteiger partial charge in [0.25, 0.3) is 0 Å².